The summed E-state index contributed by atoms with van der Waals surface area (Å²) in [5, 5.41) is 10.5. The molecule has 134 valence electrons. The number of hydrogen-bond acceptors (Lipinski definition) is 4. The molecular formula is C20H22N4OS. The first-order chi connectivity index (χ1) is 12.8. The highest BCUT2D eigenvalue weighted by molar-refractivity contribution is 7.98. The molecule has 3 aromatic rings. The van der Waals surface area contributed by atoms with Gasteiger partial charge in [0.05, 0.1) is 0 Å². The van der Waals surface area contributed by atoms with E-state index in [1.165, 1.54) is 11.9 Å². The van der Waals surface area contributed by atoms with E-state index in [1.807, 2.05) is 42.5 Å². The Balaban J connectivity index is 1.52. The van der Waals surface area contributed by atoms with Crippen molar-refractivity contribution in [3.8, 4) is 0 Å². The maximum absolute atomic E-state index is 12.4. The van der Waals surface area contributed by atoms with Crippen molar-refractivity contribution in [1.82, 2.24) is 20.5 Å². The number of carbonyl (C=O) groups is 1. The lowest BCUT2D eigenvalue weighted by atomic mass is 9.96. The molecule has 0 radical (unpaired) electrons. The highest BCUT2D eigenvalue weighted by Gasteiger charge is 2.12. The third kappa shape index (κ3) is 4.95. The molecule has 0 saturated carbocycles. The average molecular weight is 366 g/mol. The normalized spacial score (nSPS) is 11.9. The maximum Gasteiger partial charge on any atom is 0.251 e. The number of aromatic amines is 1. The first-order valence-electron chi connectivity index (χ1n) is 8.66. The van der Waals surface area contributed by atoms with E-state index in [0.29, 0.717) is 18.0 Å². The molecule has 0 bridgehead atoms. The van der Waals surface area contributed by atoms with Crippen LogP contribution in [0.1, 0.15) is 40.7 Å². The van der Waals surface area contributed by atoms with Gasteiger partial charge in [0.2, 0.25) is 0 Å². The van der Waals surface area contributed by atoms with Crippen molar-refractivity contribution in [1.29, 1.82) is 0 Å². The minimum Gasteiger partial charge on any atom is -0.351 e. The number of carbonyl (C=O) groups excluding carboxylic acids is 1. The summed E-state index contributed by atoms with van der Waals surface area (Å²) in [6.45, 7) is 2.78. The van der Waals surface area contributed by atoms with E-state index in [4.69, 9.17) is 0 Å². The number of H-pyrrole nitrogens is 1. The predicted molar refractivity (Wildman–Crippen MR) is 104 cm³/mol. The molecule has 6 heteroatoms. The SMILES string of the molecule is CC[C@H](CNC(=O)c1ccc(CSc2ncn[nH]2)cc1)c1ccccc1. The summed E-state index contributed by atoms with van der Waals surface area (Å²) < 4.78 is 0. The highest BCUT2D eigenvalue weighted by atomic mass is 32.2. The third-order valence-corrected chi connectivity index (χ3v) is 5.21. The molecule has 2 aromatic carbocycles. The number of nitrogens with zero attached hydrogens (tertiary/aromatic N) is 2. The molecule has 2 N–H and O–H groups in total. The van der Waals surface area contributed by atoms with Crippen LogP contribution in [0, 0.1) is 0 Å². The summed E-state index contributed by atoms with van der Waals surface area (Å²) >= 11 is 1.58. The Morgan fingerprint density at radius 3 is 2.58 bits per heavy atom. The van der Waals surface area contributed by atoms with Crippen molar-refractivity contribution in [2.75, 3.05) is 6.54 Å². The molecule has 3 rings (SSSR count). The number of thioether (sulfide) groups is 1. The van der Waals surface area contributed by atoms with Crippen molar-refractivity contribution in [2.45, 2.75) is 30.2 Å². The Hall–Kier alpha value is -2.60. The number of rotatable bonds is 8. The van der Waals surface area contributed by atoms with Crippen LogP contribution in [-0.2, 0) is 5.75 Å². The number of aromatic nitrogens is 3. The first-order valence-corrected chi connectivity index (χ1v) is 9.65. The minimum absolute atomic E-state index is 0.0335. The van der Waals surface area contributed by atoms with E-state index in [2.05, 4.69) is 39.6 Å². The fourth-order valence-corrected chi connectivity index (χ4v) is 3.44. The van der Waals surface area contributed by atoms with Crippen LogP contribution in [0.25, 0.3) is 0 Å². The quantitative estimate of drug-likeness (QED) is 0.591. The Morgan fingerprint density at radius 1 is 1.15 bits per heavy atom. The fourth-order valence-electron chi connectivity index (χ4n) is 2.71. The van der Waals surface area contributed by atoms with Gasteiger partial charge in [-0.2, -0.15) is 5.10 Å². The van der Waals surface area contributed by atoms with Crippen molar-refractivity contribution in [3.63, 3.8) is 0 Å². The number of amides is 1. The smallest absolute Gasteiger partial charge is 0.251 e. The van der Waals surface area contributed by atoms with Gasteiger partial charge in [0.1, 0.15) is 6.33 Å². The zero-order chi connectivity index (χ0) is 18.2. The molecule has 1 atom stereocenters. The van der Waals surface area contributed by atoms with Crippen LogP contribution in [0.15, 0.2) is 66.1 Å². The summed E-state index contributed by atoms with van der Waals surface area (Å²) in [5.74, 6) is 1.08. The first kappa shape index (κ1) is 18.2. The maximum atomic E-state index is 12.4. The fraction of sp³-hybridized carbons (Fsp3) is 0.250. The van der Waals surface area contributed by atoms with E-state index in [9.17, 15) is 4.79 Å². The Bertz CT molecular complexity index is 804. The number of nitrogens with one attached hydrogen (secondary N) is 2. The molecular weight excluding hydrogens is 344 g/mol. The topological polar surface area (TPSA) is 70.7 Å². The predicted octanol–water partition coefficient (Wildman–Crippen LogP) is 4.02. The van der Waals surface area contributed by atoms with E-state index in [-0.39, 0.29) is 5.91 Å². The van der Waals surface area contributed by atoms with Gasteiger partial charge in [-0.1, -0.05) is 61.2 Å². The van der Waals surface area contributed by atoms with Gasteiger partial charge in [0, 0.05) is 23.8 Å². The third-order valence-electron chi connectivity index (χ3n) is 4.26. The Morgan fingerprint density at radius 2 is 1.92 bits per heavy atom. The van der Waals surface area contributed by atoms with Crippen molar-refractivity contribution in [2.24, 2.45) is 0 Å². The van der Waals surface area contributed by atoms with Crippen LogP contribution in [0.4, 0.5) is 0 Å². The zero-order valence-electron chi connectivity index (χ0n) is 14.7. The summed E-state index contributed by atoms with van der Waals surface area (Å²) in [4.78, 5) is 16.5. The summed E-state index contributed by atoms with van der Waals surface area (Å²) in [6.07, 6.45) is 2.48. The van der Waals surface area contributed by atoms with Crippen LogP contribution in [0.2, 0.25) is 0 Å². The van der Waals surface area contributed by atoms with Gasteiger partial charge in [-0.3, -0.25) is 9.89 Å². The second-order valence-corrected chi connectivity index (χ2v) is 6.97. The molecule has 0 aliphatic carbocycles. The van der Waals surface area contributed by atoms with Crippen molar-refractivity contribution in [3.05, 3.63) is 77.6 Å². The van der Waals surface area contributed by atoms with Gasteiger partial charge in [0.25, 0.3) is 5.91 Å². The zero-order valence-corrected chi connectivity index (χ0v) is 15.5. The second kappa shape index (κ2) is 9.20. The van der Waals surface area contributed by atoms with Gasteiger partial charge in [0.15, 0.2) is 5.16 Å². The van der Waals surface area contributed by atoms with Gasteiger partial charge >= 0.3 is 0 Å². The molecule has 1 amide bonds. The van der Waals surface area contributed by atoms with E-state index < -0.39 is 0 Å². The van der Waals surface area contributed by atoms with Crippen molar-refractivity contribution < 1.29 is 4.79 Å². The number of hydrogen-bond donors (Lipinski definition) is 2. The number of benzene rings is 2. The average Bonchev–Trinajstić information content (AvgIpc) is 3.21. The summed E-state index contributed by atoms with van der Waals surface area (Å²) in [5.41, 5.74) is 3.08. The molecule has 1 aromatic heterocycles. The van der Waals surface area contributed by atoms with Crippen LogP contribution in [-0.4, -0.2) is 27.6 Å². The lowest BCUT2D eigenvalue weighted by Crippen LogP contribution is -2.28. The Kier molecular flexibility index (Phi) is 6.44. The monoisotopic (exact) mass is 366 g/mol. The molecule has 0 aliphatic heterocycles. The standard InChI is InChI=1S/C20H22N4OS/c1-2-16(17-6-4-3-5-7-17)12-21-19(25)18-10-8-15(9-11-18)13-26-20-22-14-23-24-20/h3-11,14,16H,2,12-13H2,1H3,(H,21,25)(H,22,23,24)/t16-/m1/s1. The van der Waals surface area contributed by atoms with E-state index in [1.54, 1.807) is 11.8 Å². The van der Waals surface area contributed by atoms with Gasteiger partial charge in [-0.15, -0.1) is 0 Å². The summed E-state index contributed by atoms with van der Waals surface area (Å²) in [6, 6.07) is 18.0. The lowest BCUT2D eigenvalue weighted by Gasteiger charge is -2.16. The van der Waals surface area contributed by atoms with Crippen LogP contribution >= 0.6 is 11.8 Å². The van der Waals surface area contributed by atoms with E-state index in [0.717, 1.165) is 22.9 Å². The molecule has 26 heavy (non-hydrogen) atoms. The van der Waals surface area contributed by atoms with E-state index >= 15 is 0 Å². The van der Waals surface area contributed by atoms with Crippen molar-refractivity contribution >= 4 is 17.7 Å². The van der Waals surface area contributed by atoms with Gasteiger partial charge < -0.3 is 5.32 Å². The summed E-state index contributed by atoms with van der Waals surface area (Å²) in [7, 11) is 0. The minimum atomic E-state index is -0.0335. The van der Waals surface area contributed by atoms with Gasteiger partial charge in [-0.25, -0.2) is 4.98 Å². The van der Waals surface area contributed by atoms with Crippen LogP contribution in [0.3, 0.4) is 0 Å². The van der Waals surface area contributed by atoms with Crippen LogP contribution < -0.4 is 5.32 Å². The largest absolute Gasteiger partial charge is 0.351 e. The lowest BCUT2D eigenvalue weighted by molar-refractivity contribution is 0.0951. The molecule has 5 nitrogen and oxygen atoms in total. The van der Waals surface area contributed by atoms with Gasteiger partial charge in [-0.05, 0) is 29.7 Å². The molecule has 0 unspecified atom stereocenters. The molecule has 0 spiro atoms. The molecule has 0 fully saturated rings. The Labute approximate surface area is 157 Å². The van der Waals surface area contributed by atoms with Crippen LogP contribution in [0.5, 0.6) is 0 Å². The molecule has 1 heterocycles. The highest BCUT2D eigenvalue weighted by Crippen LogP contribution is 2.20. The molecule has 0 saturated heterocycles. The second-order valence-electron chi connectivity index (χ2n) is 6.00. The molecule has 0 aliphatic rings.